The van der Waals surface area contributed by atoms with Gasteiger partial charge >= 0.3 is 11.9 Å². The van der Waals surface area contributed by atoms with Crippen LogP contribution in [0, 0.1) is 29.6 Å². The van der Waals surface area contributed by atoms with Gasteiger partial charge in [-0.05, 0) is 25.2 Å². The molecule has 1 heterocycles. The molecule has 0 aromatic heterocycles. The maximum Gasteiger partial charge on any atom is 0.308 e. The number of carbonyl (C=O) groups is 5. The maximum absolute atomic E-state index is 13.0. The van der Waals surface area contributed by atoms with Crippen LogP contribution in [0.2, 0.25) is 0 Å². The standard InChI is InChI=1S/C22H33N3O7S/c1-9-15-16(10(2)24-14(27)8-32-11(3)26)19(28)17(15)18(22(30)31)20(9)33-12-6-13(23-7-12)21(29)25(4)5/h9-10,12-13,15-18,20,23H,6-8H2,1-5H3,(H,24,27)(H,30,31)/t9-,10-,12+,13+,15+,16-,17?,18?,20?/m1/s1. The number of hydrogen-bond acceptors (Lipinski definition) is 8. The van der Waals surface area contributed by atoms with Crippen LogP contribution in [-0.4, -0.2) is 89.4 Å². The van der Waals surface area contributed by atoms with Crippen molar-refractivity contribution in [1.82, 2.24) is 15.5 Å². The third-order valence-electron chi connectivity index (χ3n) is 7.15. The van der Waals surface area contributed by atoms with E-state index in [1.807, 2.05) is 6.92 Å². The van der Waals surface area contributed by atoms with Crippen LogP contribution in [0.3, 0.4) is 0 Å². The van der Waals surface area contributed by atoms with Crippen molar-refractivity contribution in [3.05, 3.63) is 0 Å². The molecule has 3 N–H and O–H groups in total. The zero-order valence-corrected chi connectivity index (χ0v) is 20.4. The summed E-state index contributed by atoms with van der Waals surface area (Å²) >= 11 is 1.57. The molecular formula is C22H33N3O7S. The zero-order valence-electron chi connectivity index (χ0n) is 19.6. The first-order valence-electron chi connectivity index (χ1n) is 11.2. The van der Waals surface area contributed by atoms with Crippen molar-refractivity contribution in [2.45, 2.75) is 49.8 Å². The number of carboxylic acids is 1. The lowest BCUT2D eigenvalue weighted by Crippen LogP contribution is -2.58. The fourth-order valence-electron chi connectivity index (χ4n) is 5.69. The Labute approximate surface area is 197 Å². The fraction of sp³-hybridized carbons (Fsp3) is 0.773. The Bertz CT molecular complexity index is 835. The van der Waals surface area contributed by atoms with Crippen LogP contribution < -0.4 is 10.6 Å². The van der Waals surface area contributed by atoms with Gasteiger partial charge in [-0.1, -0.05) is 6.92 Å². The Balaban J connectivity index is 1.67. The molecule has 3 aliphatic rings. The van der Waals surface area contributed by atoms with Crippen LogP contribution >= 0.6 is 11.8 Å². The third kappa shape index (κ3) is 5.03. The molecule has 1 saturated heterocycles. The van der Waals surface area contributed by atoms with Gasteiger partial charge in [0, 0.05) is 55.9 Å². The van der Waals surface area contributed by atoms with Crippen LogP contribution in [0.25, 0.3) is 0 Å². The number of nitrogens with zero attached hydrogens (tertiary/aromatic N) is 1. The molecule has 9 atom stereocenters. The number of esters is 1. The molecule has 0 aromatic rings. The van der Waals surface area contributed by atoms with Crippen molar-refractivity contribution >= 4 is 41.3 Å². The smallest absolute Gasteiger partial charge is 0.308 e. The normalized spacial score (nSPS) is 35.8. The van der Waals surface area contributed by atoms with Crippen molar-refractivity contribution in [2.24, 2.45) is 29.6 Å². The number of hydrogen-bond donors (Lipinski definition) is 3. The van der Waals surface area contributed by atoms with Gasteiger partial charge in [0.15, 0.2) is 6.61 Å². The zero-order chi connectivity index (χ0) is 24.6. The van der Waals surface area contributed by atoms with Crippen LogP contribution in [-0.2, 0) is 28.7 Å². The first kappa shape index (κ1) is 25.5. The third-order valence-corrected chi connectivity index (χ3v) is 8.93. The minimum Gasteiger partial charge on any atom is -0.481 e. The summed E-state index contributed by atoms with van der Waals surface area (Å²) in [7, 11) is 3.42. The number of thioether (sulfide) groups is 1. The highest BCUT2D eigenvalue weighted by Crippen LogP contribution is 2.59. The van der Waals surface area contributed by atoms with E-state index in [0.717, 1.165) is 0 Å². The summed E-state index contributed by atoms with van der Waals surface area (Å²) in [5.41, 5.74) is 0. The van der Waals surface area contributed by atoms with Gasteiger partial charge in [-0.3, -0.25) is 24.0 Å². The van der Waals surface area contributed by atoms with E-state index in [9.17, 15) is 29.1 Å². The van der Waals surface area contributed by atoms with Crippen molar-refractivity contribution in [3.63, 3.8) is 0 Å². The first-order valence-corrected chi connectivity index (χ1v) is 12.2. The summed E-state index contributed by atoms with van der Waals surface area (Å²) in [5.74, 6) is -4.17. The van der Waals surface area contributed by atoms with Gasteiger partial charge in [0.1, 0.15) is 5.78 Å². The molecular weight excluding hydrogens is 450 g/mol. The highest BCUT2D eigenvalue weighted by molar-refractivity contribution is 8.00. The summed E-state index contributed by atoms with van der Waals surface area (Å²) in [6.45, 7) is 5.11. The average molecular weight is 484 g/mol. The Morgan fingerprint density at radius 2 is 1.97 bits per heavy atom. The second kappa shape index (κ2) is 10.0. The van der Waals surface area contributed by atoms with Gasteiger partial charge in [-0.15, -0.1) is 0 Å². The minimum absolute atomic E-state index is 0.000912. The molecule has 0 spiro atoms. The van der Waals surface area contributed by atoms with Crippen molar-refractivity contribution in [2.75, 3.05) is 27.2 Å². The van der Waals surface area contributed by atoms with Gasteiger partial charge in [0.2, 0.25) is 5.91 Å². The number of carboxylic acid groups (broad SMARTS) is 1. The molecule has 0 radical (unpaired) electrons. The lowest BCUT2D eigenvalue weighted by atomic mass is 9.59. The number of fused-ring (bicyclic) bond motifs is 1. The fourth-order valence-corrected chi connectivity index (χ4v) is 7.52. The van der Waals surface area contributed by atoms with E-state index in [4.69, 9.17) is 4.74 Å². The van der Waals surface area contributed by atoms with E-state index in [-0.39, 0.29) is 40.1 Å². The van der Waals surface area contributed by atoms with Crippen LogP contribution in [0.1, 0.15) is 27.2 Å². The molecule has 2 aliphatic carbocycles. The van der Waals surface area contributed by atoms with E-state index in [1.165, 1.54) is 6.92 Å². The van der Waals surface area contributed by atoms with Gasteiger partial charge in [-0.2, -0.15) is 11.8 Å². The van der Waals surface area contributed by atoms with E-state index in [0.29, 0.717) is 13.0 Å². The molecule has 3 fully saturated rings. The van der Waals surface area contributed by atoms with Crippen molar-refractivity contribution in [1.29, 1.82) is 0 Å². The van der Waals surface area contributed by atoms with E-state index in [2.05, 4.69) is 10.6 Å². The summed E-state index contributed by atoms with van der Waals surface area (Å²) in [6.07, 6.45) is 0.618. The molecule has 0 aromatic carbocycles. The van der Waals surface area contributed by atoms with E-state index < -0.39 is 48.2 Å². The maximum atomic E-state index is 13.0. The molecule has 33 heavy (non-hydrogen) atoms. The minimum atomic E-state index is -0.975. The second-order valence-electron chi connectivity index (χ2n) is 9.54. The summed E-state index contributed by atoms with van der Waals surface area (Å²) in [6, 6.07) is -0.770. The van der Waals surface area contributed by atoms with Crippen molar-refractivity contribution in [3.8, 4) is 0 Å². The predicted octanol–water partition coefficient (Wildman–Crippen LogP) is -0.243. The Hall–Kier alpha value is -2.14. The second-order valence-corrected chi connectivity index (χ2v) is 11.0. The Morgan fingerprint density at radius 1 is 1.30 bits per heavy atom. The molecule has 10 nitrogen and oxygen atoms in total. The number of aliphatic carboxylic acids is 1. The number of nitrogens with one attached hydrogen (secondary N) is 2. The van der Waals surface area contributed by atoms with Crippen LogP contribution in [0.5, 0.6) is 0 Å². The predicted molar refractivity (Wildman–Crippen MR) is 120 cm³/mol. The molecule has 3 rings (SSSR count). The molecule has 11 heteroatoms. The summed E-state index contributed by atoms with van der Waals surface area (Å²) in [5, 5.41) is 15.7. The Kier molecular flexibility index (Phi) is 7.73. The van der Waals surface area contributed by atoms with Gasteiger partial charge in [0.05, 0.1) is 12.0 Å². The molecule has 3 unspecified atom stereocenters. The Morgan fingerprint density at radius 3 is 2.55 bits per heavy atom. The molecule has 1 aliphatic heterocycles. The van der Waals surface area contributed by atoms with E-state index in [1.54, 1.807) is 37.7 Å². The topological polar surface area (TPSA) is 142 Å². The number of carbonyl (C=O) groups excluding carboxylic acids is 4. The molecule has 2 amide bonds. The number of ketones is 1. The van der Waals surface area contributed by atoms with Crippen LogP contribution in [0.15, 0.2) is 0 Å². The lowest BCUT2D eigenvalue weighted by Gasteiger charge is -2.45. The quantitative estimate of drug-likeness (QED) is 0.399. The highest BCUT2D eigenvalue weighted by atomic mass is 32.2. The molecule has 184 valence electrons. The highest BCUT2D eigenvalue weighted by Gasteiger charge is 2.66. The lowest BCUT2D eigenvalue weighted by molar-refractivity contribution is -0.156. The van der Waals surface area contributed by atoms with Gasteiger partial charge in [0.25, 0.3) is 5.91 Å². The average Bonchev–Trinajstić information content (AvgIpc) is 3.28. The largest absolute Gasteiger partial charge is 0.481 e. The number of Topliss-reactive ketones (excluding diaryl/α,β-unsaturated/α-hetero) is 1. The molecule has 0 bridgehead atoms. The summed E-state index contributed by atoms with van der Waals surface area (Å²) in [4.78, 5) is 62.0. The SMILES string of the molecule is CC(=O)OCC(=O)N[C@H](C)[C@H]1C(=O)C2C(C(=O)O)C(S[C@@H]3CN[C@H](C(=O)N(C)C)C3)[C@H](C)[C@H]21. The number of amides is 2. The summed E-state index contributed by atoms with van der Waals surface area (Å²) < 4.78 is 4.70. The number of likely N-dealkylation sites (N-methyl/N-ethyl adjacent to an activating group) is 1. The molecule has 2 saturated carbocycles. The number of rotatable bonds is 8. The van der Waals surface area contributed by atoms with Gasteiger partial charge < -0.3 is 25.4 Å². The van der Waals surface area contributed by atoms with E-state index >= 15 is 0 Å². The number of ether oxygens (including phenoxy) is 1. The monoisotopic (exact) mass is 483 g/mol. The van der Waals surface area contributed by atoms with Crippen LogP contribution in [0.4, 0.5) is 0 Å². The first-order chi connectivity index (χ1) is 15.4. The van der Waals surface area contributed by atoms with Crippen molar-refractivity contribution < 1.29 is 33.8 Å². The van der Waals surface area contributed by atoms with Gasteiger partial charge in [-0.25, -0.2) is 0 Å².